The Bertz CT molecular complexity index is 1160. The van der Waals surface area contributed by atoms with Crippen LogP contribution in [0.3, 0.4) is 0 Å². The number of H-pyrrole nitrogens is 1. The summed E-state index contributed by atoms with van der Waals surface area (Å²) in [6.07, 6.45) is 2.11. The van der Waals surface area contributed by atoms with E-state index in [0.717, 1.165) is 36.1 Å². The van der Waals surface area contributed by atoms with Crippen LogP contribution >= 0.6 is 12.2 Å². The highest BCUT2D eigenvalue weighted by atomic mass is 32.1. The number of aromatic nitrogens is 1. The number of nitrogens with one attached hydrogen (secondary N) is 2. The number of rotatable bonds is 8. The molecular formula is C24H27N3O4S. The number of thiocarbonyl (C=S) groups is 1. The molecule has 0 spiro atoms. The molecule has 0 radical (unpaired) electrons. The first-order chi connectivity index (χ1) is 15.6. The summed E-state index contributed by atoms with van der Waals surface area (Å²) >= 11 is 5.68. The van der Waals surface area contributed by atoms with Gasteiger partial charge in [-0.05, 0) is 48.5 Å². The Kier molecular flexibility index (Phi) is 6.80. The van der Waals surface area contributed by atoms with Gasteiger partial charge >= 0.3 is 0 Å². The fourth-order valence-corrected chi connectivity index (χ4v) is 3.83. The third-order valence-corrected chi connectivity index (χ3v) is 5.80. The molecule has 7 nitrogen and oxygen atoms in total. The Morgan fingerprint density at radius 3 is 2.62 bits per heavy atom. The van der Waals surface area contributed by atoms with E-state index in [1.807, 2.05) is 41.3 Å². The molecule has 32 heavy (non-hydrogen) atoms. The summed E-state index contributed by atoms with van der Waals surface area (Å²) in [5, 5.41) is 4.83. The third-order valence-electron chi connectivity index (χ3n) is 5.40. The molecule has 0 saturated carbocycles. The lowest BCUT2D eigenvalue weighted by Gasteiger charge is -2.26. The Morgan fingerprint density at radius 2 is 1.91 bits per heavy atom. The van der Waals surface area contributed by atoms with Gasteiger partial charge in [0.25, 0.3) is 5.56 Å². The van der Waals surface area contributed by atoms with Crippen LogP contribution in [-0.4, -0.2) is 35.4 Å². The number of ether oxygens (including phenoxy) is 3. The Hall–Kier alpha value is -3.26. The molecule has 2 N–H and O–H groups in total. The molecule has 8 heteroatoms. The van der Waals surface area contributed by atoms with Gasteiger partial charge in [0.05, 0.1) is 19.2 Å². The predicted octanol–water partition coefficient (Wildman–Crippen LogP) is 3.94. The van der Waals surface area contributed by atoms with Crippen LogP contribution in [0, 0.1) is 0 Å². The maximum atomic E-state index is 12.9. The van der Waals surface area contributed by atoms with Crippen molar-refractivity contribution in [1.29, 1.82) is 0 Å². The number of benzene rings is 2. The molecule has 1 aliphatic heterocycles. The Labute approximate surface area is 192 Å². The lowest BCUT2D eigenvalue weighted by molar-refractivity contribution is 0.174. The summed E-state index contributed by atoms with van der Waals surface area (Å²) in [6.45, 7) is 4.08. The number of pyridine rings is 1. The number of unbranched alkanes of at least 4 members (excludes halogenated alkanes) is 1. The van der Waals surface area contributed by atoms with E-state index in [1.54, 1.807) is 13.2 Å². The van der Waals surface area contributed by atoms with Crippen LogP contribution < -0.4 is 25.1 Å². The van der Waals surface area contributed by atoms with Gasteiger partial charge in [-0.15, -0.1) is 0 Å². The van der Waals surface area contributed by atoms with Gasteiger partial charge < -0.3 is 29.4 Å². The normalized spacial score (nSPS) is 12.1. The van der Waals surface area contributed by atoms with Gasteiger partial charge in [-0.2, -0.15) is 0 Å². The molecule has 1 aromatic heterocycles. The van der Waals surface area contributed by atoms with E-state index in [2.05, 4.69) is 17.2 Å². The molecular weight excluding hydrogens is 426 g/mol. The van der Waals surface area contributed by atoms with Crippen molar-refractivity contribution in [2.24, 2.45) is 0 Å². The molecule has 0 unspecified atom stereocenters. The van der Waals surface area contributed by atoms with Gasteiger partial charge in [0, 0.05) is 30.1 Å². The molecule has 1 aliphatic rings. The van der Waals surface area contributed by atoms with E-state index >= 15 is 0 Å². The lowest BCUT2D eigenvalue weighted by atomic mass is 10.1. The molecule has 2 heterocycles. The van der Waals surface area contributed by atoms with Crippen LogP contribution in [0.25, 0.3) is 10.9 Å². The topological polar surface area (TPSA) is 75.8 Å². The zero-order chi connectivity index (χ0) is 22.5. The number of methoxy groups -OCH3 is 1. The second-order valence-corrected chi connectivity index (χ2v) is 8.09. The van der Waals surface area contributed by atoms with Gasteiger partial charge in [0.2, 0.25) is 6.79 Å². The van der Waals surface area contributed by atoms with Crippen LogP contribution in [0.5, 0.6) is 17.2 Å². The smallest absolute Gasteiger partial charge is 0.253 e. The van der Waals surface area contributed by atoms with Crippen molar-refractivity contribution in [1.82, 2.24) is 15.2 Å². The van der Waals surface area contributed by atoms with Crippen LogP contribution in [0.1, 0.15) is 30.9 Å². The van der Waals surface area contributed by atoms with Crippen LogP contribution in [0.4, 0.5) is 0 Å². The van der Waals surface area contributed by atoms with E-state index < -0.39 is 0 Å². The molecule has 0 bridgehead atoms. The molecule has 0 saturated heterocycles. The number of aromatic amines is 1. The van der Waals surface area contributed by atoms with Crippen molar-refractivity contribution in [3.8, 4) is 17.2 Å². The summed E-state index contributed by atoms with van der Waals surface area (Å²) in [7, 11) is 1.65. The first kappa shape index (κ1) is 22.0. The van der Waals surface area contributed by atoms with E-state index in [4.69, 9.17) is 26.4 Å². The Balaban J connectivity index is 1.60. The zero-order valence-corrected chi connectivity index (χ0v) is 19.1. The zero-order valence-electron chi connectivity index (χ0n) is 18.3. The van der Waals surface area contributed by atoms with Gasteiger partial charge in [-0.1, -0.05) is 25.5 Å². The SMILES string of the molecule is CCCCNC(=S)N(Cc1ccc(OC)cc1)Cc1cc2cc3c(cc2[nH]c1=O)OCO3. The van der Waals surface area contributed by atoms with E-state index in [0.29, 0.717) is 40.8 Å². The monoisotopic (exact) mass is 453 g/mol. The maximum absolute atomic E-state index is 12.9. The minimum atomic E-state index is -0.146. The van der Waals surface area contributed by atoms with E-state index in [9.17, 15) is 4.79 Å². The fourth-order valence-electron chi connectivity index (χ4n) is 3.60. The molecule has 0 amide bonds. The highest BCUT2D eigenvalue weighted by molar-refractivity contribution is 7.80. The average Bonchev–Trinajstić information content (AvgIpc) is 3.25. The first-order valence-corrected chi connectivity index (χ1v) is 11.1. The molecule has 3 aromatic rings. The van der Waals surface area contributed by atoms with Crippen molar-refractivity contribution in [3.63, 3.8) is 0 Å². The molecule has 168 valence electrons. The molecule has 0 aliphatic carbocycles. The quantitative estimate of drug-likeness (QED) is 0.395. The van der Waals surface area contributed by atoms with Crippen molar-refractivity contribution >= 4 is 28.2 Å². The van der Waals surface area contributed by atoms with Crippen molar-refractivity contribution in [2.45, 2.75) is 32.9 Å². The van der Waals surface area contributed by atoms with Gasteiger partial charge in [-0.25, -0.2) is 0 Å². The molecule has 2 aromatic carbocycles. The second kappa shape index (κ2) is 9.91. The molecule has 4 rings (SSSR count). The largest absolute Gasteiger partial charge is 0.497 e. The molecule has 0 fully saturated rings. The van der Waals surface area contributed by atoms with Gasteiger partial charge in [-0.3, -0.25) is 4.79 Å². The summed E-state index contributed by atoms with van der Waals surface area (Å²) in [4.78, 5) is 17.8. The number of nitrogens with zero attached hydrogens (tertiary/aromatic N) is 1. The minimum Gasteiger partial charge on any atom is -0.497 e. The van der Waals surface area contributed by atoms with Crippen molar-refractivity contribution in [3.05, 3.63) is 63.9 Å². The molecule has 0 atom stereocenters. The van der Waals surface area contributed by atoms with Crippen molar-refractivity contribution < 1.29 is 14.2 Å². The summed E-state index contributed by atoms with van der Waals surface area (Å²) in [6, 6.07) is 13.4. The van der Waals surface area contributed by atoms with Crippen LogP contribution in [0.15, 0.2) is 47.3 Å². The highest BCUT2D eigenvalue weighted by Crippen LogP contribution is 2.35. The summed E-state index contributed by atoms with van der Waals surface area (Å²) in [5.74, 6) is 2.12. The first-order valence-electron chi connectivity index (χ1n) is 10.7. The van der Waals surface area contributed by atoms with Crippen LogP contribution in [-0.2, 0) is 13.1 Å². The minimum absolute atomic E-state index is 0.146. The number of hydrogen-bond acceptors (Lipinski definition) is 5. The second-order valence-electron chi connectivity index (χ2n) is 7.71. The predicted molar refractivity (Wildman–Crippen MR) is 128 cm³/mol. The van der Waals surface area contributed by atoms with Gasteiger partial charge in [0.1, 0.15) is 5.75 Å². The van der Waals surface area contributed by atoms with Crippen LogP contribution in [0.2, 0.25) is 0 Å². The van der Waals surface area contributed by atoms with Crippen molar-refractivity contribution in [2.75, 3.05) is 20.4 Å². The van der Waals surface area contributed by atoms with E-state index in [-0.39, 0.29) is 12.4 Å². The van der Waals surface area contributed by atoms with E-state index in [1.165, 1.54) is 0 Å². The number of hydrogen-bond donors (Lipinski definition) is 2. The maximum Gasteiger partial charge on any atom is 0.253 e. The summed E-state index contributed by atoms with van der Waals surface area (Å²) in [5.41, 5.74) is 2.27. The fraction of sp³-hybridized carbons (Fsp3) is 0.333. The third kappa shape index (κ3) is 4.96. The summed E-state index contributed by atoms with van der Waals surface area (Å²) < 4.78 is 16.2. The average molecular weight is 454 g/mol. The lowest BCUT2D eigenvalue weighted by Crippen LogP contribution is -2.40. The highest BCUT2D eigenvalue weighted by Gasteiger charge is 2.17. The Morgan fingerprint density at radius 1 is 1.16 bits per heavy atom. The van der Waals surface area contributed by atoms with Gasteiger partial charge in [0.15, 0.2) is 16.6 Å². The standard InChI is InChI=1S/C24H27N3O4S/c1-3-4-9-25-24(32)27(13-16-5-7-19(29-2)8-6-16)14-18-10-17-11-21-22(31-15-30-21)12-20(17)26-23(18)28/h5-8,10-12H,3-4,9,13-15H2,1-2H3,(H,25,32)(H,26,28). The number of fused-ring (bicyclic) bond motifs is 2.